The van der Waals surface area contributed by atoms with Crippen molar-refractivity contribution in [3.8, 4) is 18.2 Å². The van der Waals surface area contributed by atoms with Crippen molar-refractivity contribution >= 4 is 0 Å². The van der Waals surface area contributed by atoms with Crippen molar-refractivity contribution in [2.45, 2.75) is 33.3 Å². The van der Waals surface area contributed by atoms with Crippen molar-refractivity contribution in [1.29, 1.82) is 15.8 Å². The molecule has 0 unspecified atom stereocenters. The molecule has 0 spiro atoms. The van der Waals surface area contributed by atoms with E-state index in [-0.39, 0.29) is 16.9 Å². The van der Waals surface area contributed by atoms with Crippen LogP contribution < -0.4 is 0 Å². The second-order valence-electron chi connectivity index (χ2n) is 5.70. The molecular formula is C18H15N3O2. The first kappa shape index (κ1) is 16.1. The average Bonchev–Trinajstić information content (AvgIpc) is 2.70. The Labute approximate surface area is 135 Å². The minimum Gasteiger partial charge on any atom is -0.480 e. The van der Waals surface area contributed by atoms with Gasteiger partial charge in [0.1, 0.15) is 40.9 Å². The fourth-order valence-corrected chi connectivity index (χ4v) is 2.52. The van der Waals surface area contributed by atoms with E-state index in [9.17, 15) is 5.26 Å². The van der Waals surface area contributed by atoms with E-state index in [0.29, 0.717) is 5.57 Å². The topological polar surface area (TPSA) is 89.8 Å². The standard InChI is InChI=1S/C18H15N3O2/c1-11-5-13(6-12(2)22-11)7-16-15(10-21)17(14(8-19)9-20)23-18(16,3)4/h5-7H,1-4H3. The molecule has 0 bridgehead atoms. The number of rotatable bonds is 1. The fraction of sp³-hybridized carbons (Fsp3) is 0.278. The number of hydrogen-bond acceptors (Lipinski definition) is 5. The SMILES string of the molecule is CC1=CC(=CC2=C(C#N)C(=C(C#N)C#N)OC2(C)C)C=C(C)O1. The van der Waals surface area contributed by atoms with Crippen LogP contribution in [0.3, 0.4) is 0 Å². The summed E-state index contributed by atoms with van der Waals surface area (Å²) >= 11 is 0. The predicted octanol–water partition coefficient (Wildman–Crippen LogP) is 3.68. The number of allylic oxidation sites excluding steroid dienone is 7. The molecule has 2 heterocycles. The molecule has 0 aliphatic carbocycles. The van der Waals surface area contributed by atoms with Crippen LogP contribution in [-0.2, 0) is 9.47 Å². The molecule has 0 amide bonds. The van der Waals surface area contributed by atoms with Crippen LogP contribution in [-0.4, -0.2) is 5.60 Å². The van der Waals surface area contributed by atoms with E-state index in [1.807, 2.05) is 32.1 Å². The molecule has 2 rings (SSSR count). The third-order valence-corrected chi connectivity index (χ3v) is 3.44. The van der Waals surface area contributed by atoms with Crippen LogP contribution >= 0.6 is 0 Å². The predicted molar refractivity (Wildman–Crippen MR) is 82.7 cm³/mol. The quantitative estimate of drug-likeness (QED) is 0.689. The highest BCUT2D eigenvalue weighted by molar-refractivity contribution is 5.61. The van der Waals surface area contributed by atoms with E-state index >= 15 is 0 Å². The zero-order valence-electron chi connectivity index (χ0n) is 13.4. The highest BCUT2D eigenvalue weighted by atomic mass is 16.5. The van der Waals surface area contributed by atoms with Crippen molar-refractivity contribution in [3.63, 3.8) is 0 Å². The molecule has 0 radical (unpaired) electrons. The summed E-state index contributed by atoms with van der Waals surface area (Å²) in [6.45, 7) is 7.27. The van der Waals surface area contributed by atoms with Gasteiger partial charge in [-0.1, -0.05) is 0 Å². The van der Waals surface area contributed by atoms with Crippen LogP contribution in [0.4, 0.5) is 0 Å². The molecule has 5 heteroatoms. The van der Waals surface area contributed by atoms with Crippen molar-refractivity contribution in [2.24, 2.45) is 0 Å². The van der Waals surface area contributed by atoms with Gasteiger partial charge in [0, 0.05) is 5.57 Å². The molecule has 0 fully saturated rings. The molecule has 23 heavy (non-hydrogen) atoms. The summed E-state index contributed by atoms with van der Waals surface area (Å²) in [5.74, 6) is 1.54. The molecule has 0 aromatic carbocycles. The van der Waals surface area contributed by atoms with Gasteiger partial charge in [-0.25, -0.2) is 0 Å². The van der Waals surface area contributed by atoms with E-state index in [1.165, 1.54) is 0 Å². The lowest BCUT2D eigenvalue weighted by Crippen LogP contribution is -2.21. The summed E-state index contributed by atoms with van der Waals surface area (Å²) in [6, 6.07) is 5.61. The minimum absolute atomic E-state index is 0.0443. The Balaban J connectivity index is 2.68. The lowest BCUT2D eigenvalue weighted by Gasteiger charge is -2.21. The Morgan fingerprint density at radius 2 is 1.65 bits per heavy atom. The average molecular weight is 305 g/mol. The molecule has 0 atom stereocenters. The number of nitriles is 3. The molecule has 5 nitrogen and oxygen atoms in total. The Kier molecular flexibility index (Phi) is 4.12. The summed E-state index contributed by atoms with van der Waals surface area (Å²) in [6.07, 6.45) is 5.53. The molecule has 0 N–H and O–H groups in total. The first-order valence-electron chi connectivity index (χ1n) is 6.97. The van der Waals surface area contributed by atoms with Crippen molar-refractivity contribution < 1.29 is 9.47 Å². The molecule has 0 aromatic rings. The first-order valence-corrected chi connectivity index (χ1v) is 6.97. The van der Waals surface area contributed by atoms with Crippen LogP contribution in [0.5, 0.6) is 0 Å². The lowest BCUT2D eigenvalue weighted by atomic mass is 9.92. The summed E-state index contributed by atoms with van der Waals surface area (Å²) in [5, 5.41) is 27.6. The Morgan fingerprint density at radius 1 is 1.09 bits per heavy atom. The smallest absolute Gasteiger partial charge is 0.172 e. The summed E-state index contributed by atoms with van der Waals surface area (Å²) < 4.78 is 11.2. The van der Waals surface area contributed by atoms with Crippen molar-refractivity contribution in [3.05, 3.63) is 57.8 Å². The van der Waals surface area contributed by atoms with Gasteiger partial charge in [0.2, 0.25) is 0 Å². The molecule has 2 aliphatic heterocycles. The van der Waals surface area contributed by atoms with Gasteiger partial charge in [-0.3, -0.25) is 0 Å². The molecule has 0 saturated heterocycles. The van der Waals surface area contributed by atoms with Gasteiger partial charge >= 0.3 is 0 Å². The third kappa shape index (κ3) is 3.03. The summed E-state index contributed by atoms with van der Waals surface area (Å²) in [5.41, 5.74) is 0.691. The Hall–Kier alpha value is -3.23. The summed E-state index contributed by atoms with van der Waals surface area (Å²) in [7, 11) is 0. The highest BCUT2D eigenvalue weighted by Gasteiger charge is 2.39. The largest absolute Gasteiger partial charge is 0.480 e. The van der Waals surface area contributed by atoms with Crippen LogP contribution in [0.25, 0.3) is 0 Å². The van der Waals surface area contributed by atoms with Gasteiger partial charge in [0.25, 0.3) is 0 Å². The van der Waals surface area contributed by atoms with Gasteiger partial charge < -0.3 is 9.47 Å². The summed E-state index contributed by atoms with van der Waals surface area (Å²) in [4.78, 5) is 0. The second-order valence-corrected chi connectivity index (χ2v) is 5.70. The van der Waals surface area contributed by atoms with E-state index in [0.717, 1.165) is 17.1 Å². The maximum Gasteiger partial charge on any atom is 0.172 e. The minimum atomic E-state index is -0.811. The van der Waals surface area contributed by atoms with Gasteiger partial charge in [0.05, 0.1) is 0 Å². The van der Waals surface area contributed by atoms with Crippen LogP contribution in [0.1, 0.15) is 27.7 Å². The maximum atomic E-state index is 9.49. The monoisotopic (exact) mass is 305 g/mol. The van der Waals surface area contributed by atoms with E-state index < -0.39 is 5.60 Å². The van der Waals surface area contributed by atoms with Gasteiger partial charge in [-0.05, 0) is 51.5 Å². The van der Waals surface area contributed by atoms with Crippen LogP contribution in [0.15, 0.2) is 57.8 Å². The first-order chi connectivity index (χ1) is 10.8. The number of nitrogens with zero attached hydrogens (tertiary/aromatic N) is 3. The van der Waals surface area contributed by atoms with Gasteiger partial charge in [-0.15, -0.1) is 0 Å². The Bertz CT molecular complexity index is 808. The van der Waals surface area contributed by atoms with Crippen LogP contribution in [0, 0.1) is 34.0 Å². The van der Waals surface area contributed by atoms with Gasteiger partial charge in [-0.2, -0.15) is 15.8 Å². The van der Waals surface area contributed by atoms with E-state index in [1.54, 1.807) is 26.0 Å². The second kappa shape index (κ2) is 5.87. The third-order valence-electron chi connectivity index (χ3n) is 3.44. The molecule has 2 aliphatic rings. The zero-order valence-corrected chi connectivity index (χ0v) is 13.4. The lowest BCUT2D eigenvalue weighted by molar-refractivity contribution is 0.0953. The van der Waals surface area contributed by atoms with E-state index in [2.05, 4.69) is 6.07 Å². The maximum absolute atomic E-state index is 9.49. The Morgan fingerprint density at radius 3 is 2.13 bits per heavy atom. The number of ether oxygens (including phenoxy) is 2. The highest BCUT2D eigenvalue weighted by Crippen LogP contribution is 2.41. The normalized spacial score (nSPS) is 18.7. The molecule has 0 aromatic heterocycles. The van der Waals surface area contributed by atoms with E-state index in [4.69, 9.17) is 20.0 Å². The van der Waals surface area contributed by atoms with Crippen LogP contribution in [0.2, 0.25) is 0 Å². The van der Waals surface area contributed by atoms with Crippen molar-refractivity contribution in [2.75, 3.05) is 0 Å². The van der Waals surface area contributed by atoms with Crippen molar-refractivity contribution in [1.82, 2.24) is 0 Å². The molecule has 0 saturated carbocycles. The molecular weight excluding hydrogens is 290 g/mol. The number of hydrogen-bond donors (Lipinski definition) is 0. The zero-order chi connectivity index (χ0) is 17.2. The fourth-order valence-electron chi connectivity index (χ4n) is 2.52. The molecule has 114 valence electrons. The van der Waals surface area contributed by atoms with Gasteiger partial charge in [0.15, 0.2) is 11.3 Å².